The predicted octanol–water partition coefficient (Wildman–Crippen LogP) is 3.05. The fourth-order valence-corrected chi connectivity index (χ4v) is 5.16. The van der Waals surface area contributed by atoms with Crippen LogP contribution in [0, 0.1) is 0 Å². The summed E-state index contributed by atoms with van der Waals surface area (Å²) >= 11 is 3.35. The molecule has 0 aliphatic carbocycles. The highest BCUT2D eigenvalue weighted by molar-refractivity contribution is 9.10. The molecule has 1 aliphatic heterocycles. The molecule has 0 N–H and O–H groups in total. The number of methoxy groups -OCH3 is 1. The van der Waals surface area contributed by atoms with Crippen molar-refractivity contribution in [2.24, 2.45) is 0 Å². The van der Waals surface area contributed by atoms with E-state index in [-0.39, 0.29) is 30.1 Å². The Morgan fingerprint density at radius 2 is 1.93 bits per heavy atom. The van der Waals surface area contributed by atoms with E-state index >= 15 is 0 Å². The van der Waals surface area contributed by atoms with Gasteiger partial charge in [0.25, 0.3) is 5.91 Å². The first-order chi connectivity index (χ1) is 13.4. The van der Waals surface area contributed by atoms with Gasteiger partial charge in [0.15, 0.2) is 16.4 Å². The summed E-state index contributed by atoms with van der Waals surface area (Å²) < 4.78 is 35.6. The van der Waals surface area contributed by atoms with Crippen molar-refractivity contribution in [3.63, 3.8) is 0 Å². The number of hydrogen-bond acceptors (Lipinski definition) is 5. The normalized spacial score (nSPS) is 17.9. The number of carbonyl (C=O) groups excluding carboxylic acids is 1. The number of halogens is 1. The topological polar surface area (TPSA) is 72.9 Å². The largest absolute Gasteiger partial charge is 0.497 e. The van der Waals surface area contributed by atoms with E-state index in [1.165, 1.54) is 0 Å². The third-order valence-corrected chi connectivity index (χ3v) is 6.91. The zero-order valence-corrected chi connectivity index (χ0v) is 17.9. The van der Waals surface area contributed by atoms with E-state index in [9.17, 15) is 13.2 Å². The summed E-state index contributed by atoms with van der Waals surface area (Å²) in [4.78, 5) is 14.5. The summed E-state index contributed by atoms with van der Waals surface area (Å²) in [6.07, 6.45) is 0.441. The van der Waals surface area contributed by atoms with E-state index < -0.39 is 9.84 Å². The summed E-state index contributed by atoms with van der Waals surface area (Å²) in [5.41, 5.74) is 0.876. The molecule has 1 fully saturated rings. The Hall–Kier alpha value is -2.06. The lowest BCUT2D eigenvalue weighted by molar-refractivity contribution is -0.136. The van der Waals surface area contributed by atoms with Crippen LogP contribution in [0.25, 0.3) is 0 Å². The lowest BCUT2D eigenvalue weighted by Crippen LogP contribution is -2.43. The maximum Gasteiger partial charge on any atom is 0.261 e. The van der Waals surface area contributed by atoms with E-state index in [1.54, 1.807) is 24.1 Å². The van der Waals surface area contributed by atoms with Crippen LogP contribution in [0.5, 0.6) is 11.5 Å². The number of rotatable bonds is 7. The molecule has 0 spiro atoms. The molecular weight excluding hydrogens is 446 g/mol. The van der Waals surface area contributed by atoms with Crippen LogP contribution in [0.4, 0.5) is 0 Å². The molecule has 0 aromatic heterocycles. The molecule has 2 aromatic rings. The molecule has 0 unspecified atom stereocenters. The Morgan fingerprint density at radius 3 is 2.57 bits per heavy atom. The first kappa shape index (κ1) is 20.7. The van der Waals surface area contributed by atoms with Crippen LogP contribution in [0.3, 0.4) is 0 Å². The van der Waals surface area contributed by atoms with Gasteiger partial charge in [0.2, 0.25) is 0 Å². The first-order valence-electron chi connectivity index (χ1n) is 8.87. The zero-order chi connectivity index (χ0) is 20.1. The van der Waals surface area contributed by atoms with Crippen molar-refractivity contribution in [3.05, 3.63) is 58.6 Å². The number of ether oxygens (including phenoxy) is 2. The summed E-state index contributed by atoms with van der Waals surface area (Å²) in [7, 11) is -1.53. The van der Waals surface area contributed by atoms with E-state index in [0.29, 0.717) is 24.5 Å². The van der Waals surface area contributed by atoms with Gasteiger partial charge >= 0.3 is 0 Å². The average molecular weight is 468 g/mol. The molecular formula is C20H22BrNO5S. The zero-order valence-electron chi connectivity index (χ0n) is 15.5. The standard InChI is InChI=1S/C20H22BrNO5S/c1-26-19-4-2-3-15(11-19)12-22(17-9-10-28(24,25)14-17)20(23)13-27-18-7-5-16(21)6-8-18/h2-8,11,17H,9-10,12-14H2,1H3/t17-/m0/s1. The van der Waals surface area contributed by atoms with Gasteiger partial charge in [-0.2, -0.15) is 0 Å². The van der Waals surface area contributed by atoms with Crippen LogP contribution in [0.1, 0.15) is 12.0 Å². The van der Waals surface area contributed by atoms with E-state index in [0.717, 1.165) is 10.0 Å². The number of sulfone groups is 1. The van der Waals surface area contributed by atoms with Crippen LogP contribution in [-0.2, 0) is 21.2 Å². The van der Waals surface area contributed by atoms with Gasteiger partial charge in [-0.25, -0.2) is 8.42 Å². The van der Waals surface area contributed by atoms with Crippen LogP contribution < -0.4 is 9.47 Å². The second-order valence-corrected chi connectivity index (χ2v) is 9.82. The predicted molar refractivity (Wildman–Crippen MR) is 110 cm³/mol. The van der Waals surface area contributed by atoms with Crippen LogP contribution >= 0.6 is 15.9 Å². The van der Waals surface area contributed by atoms with Gasteiger partial charge in [0.05, 0.1) is 18.6 Å². The first-order valence-corrected chi connectivity index (χ1v) is 11.5. The monoisotopic (exact) mass is 467 g/mol. The Labute approximate surface area is 173 Å². The molecule has 6 nitrogen and oxygen atoms in total. The fourth-order valence-electron chi connectivity index (χ4n) is 3.17. The second-order valence-electron chi connectivity index (χ2n) is 6.67. The molecule has 1 heterocycles. The molecule has 1 saturated heterocycles. The third kappa shape index (κ3) is 5.48. The number of nitrogens with zero attached hydrogens (tertiary/aromatic N) is 1. The molecule has 0 radical (unpaired) electrons. The lowest BCUT2D eigenvalue weighted by atomic mass is 10.1. The lowest BCUT2D eigenvalue weighted by Gasteiger charge is -2.28. The molecule has 28 heavy (non-hydrogen) atoms. The Balaban J connectivity index is 1.74. The molecule has 150 valence electrons. The van der Waals surface area contributed by atoms with E-state index in [4.69, 9.17) is 9.47 Å². The molecule has 1 atom stereocenters. The van der Waals surface area contributed by atoms with Gasteiger partial charge in [0.1, 0.15) is 11.5 Å². The fraction of sp³-hybridized carbons (Fsp3) is 0.350. The Kier molecular flexibility index (Phi) is 6.61. The molecule has 8 heteroatoms. The van der Waals surface area contributed by atoms with Crippen molar-refractivity contribution in [2.45, 2.75) is 19.0 Å². The summed E-state index contributed by atoms with van der Waals surface area (Å²) in [5, 5.41) is 0. The number of benzene rings is 2. The van der Waals surface area contributed by atoms with Gasteiger partial charge in [-0.3, -0.25) is 4.79 Å². The van der Waals surface area contributed by atoms with Crippen LogP contribution in [0.15, 0.2) is 53.0 Å². The third-order valence-electron chi connectivity index (χ3n) is 4.63. The van der Waals surface area contributed by atoms with Crippen molar-refractivity contribution >= 4 is 31.7 Å². The highest BCUT2D eigenvalue weighted by atomic mass is 79.9. The Bertz CT molecular complexity index is 930. The maximum absolute atomic E-state index is 12.9. The van der Waals surface area contributed by atoms with Crippen molar-refractivity contribution in [2.75, 3.05) is 25.2 Å². The van der Waals surface area contributed by atoms with Crippen molar-refractivity contribution in [1.82, 2.24) is 4.90 Å². The molecule has 1 aliphatic rings. The highest BCUT2D eigenvalue weighted by Crippen LogP contribution is 2.23. The van der Waals surface area contributed by atoms with E-state index in [2.05, 4.69) is 15.9 Å². The van der Waals surface area contributed by atoms with Crippen molar-refractivity contribution < 1.29 is 22.7 Å². The number of amides is 1. The molecule has 2 aromatic carbocycles. The number of carbonyl (C=O) groups is 1. The van der Waals surface area contributed by atoms with Gasteiger partial charge in [-0.1, -0.05) is 28.1 Å². The summed E-state index contributed by atoms with van der Waals surface area (Å²) in [6, 6.07) is 14.3. The second kappa shape index (κ2) is 8.96. The smallest absolute Gasteiger partial charge is 0.261 e. The van der Waals surface area contributed by atoms with Gasteiger partial charge < -0.3 is 14.4 Å². The van der Waals surface area contributed by atoms with Gasteiger partial charge in [-0.15, -0.1) is 0 Å². The summed E-state index contributed by atoms with van der Waals surface area (Å²) in [5.74, 6) is 1.12. The van der Waals surface area contributed by atoms with Crippen molar-refractivity contribution in [1.29, 1.82) is 0 Å². The average Bonchev–Trinajstić information content (AvgIpc) is 3.05. The summed E-state index contributed by atoms with van der Waals surface area (Å²) in [6.45, 7) is 0.155. The van der Waals surface area contributed by atoms with Crippen LogP contribution in [0.2, 0.25) is 0 Å². The van der Waals surface area contributed by atoms with Crippen molar-refractivity contribution in [3.8, 4) is 11.5 Å². The molecule has 0 saturated carbocycles. The molecule has 3 rings (SSSR count). The molecule has 1 amide bonds. The Morgan fingerprint density at radius 1 is 1.18 bits per heavy atom. The minimum absolute atomic E-state index is 0.0129. The van der Waals surface area contributed by atoms with Crippen LogP contribution in [-0.4, -0.2) is 50.5 Å². The van der Waals surface area contributed by atoms with Gasteiger partial charge in [-0.05, 0) is 48.4 Å². The molecule has 0 bridgehead atoms. The number of hydrogen-bond donors (Lipinski definition) is 0. The minimum atomic E-state index is -3.12. The highest BCUT2D eigenvalue weighted by Gasteiger charge is 2.34. The maximum atomic E-state index is 12.9. The van der Waals surface area contributed by atoms with Gasteiger partial charge in [0, 0.05) is 17.1 Å². The SMILES string of the molecule is COc1cccc(CN(C(=O)COc2ccc(Br)cc2)[C@H]2CCS(=O)(=O)C2)c1. The minimum Gasteiger partial charge on any atom is -0.497 e. The quantitative estimate of drug-likeness (QED) is 0.625. The van der Waals surface area contributed by atoms with E-state index in [1.807, 2.05) is 36.4 Å².